The van der Waals surface area contributed by atoms with Gasteiger partial charge < -0.3 is 10.0 Å². The summed E-state index contributed by atoms with van der Waals surface area (Å²) in [7, 11) is 0. The standard InChI is InChI=1S/C11H22N2O2/c1-3-12(4-2)9-11(15)13-7-5-10(14)6-8-13/h10,14H,3-9H2,1-2H3. The zero-order chi connectivity index (χ0) is 11.3. The van der Waals surface area contributed by atoms with Crippen LogP contribution < -0.4 is 0 Å². The summed E-state index contributed by atoms with van der Waals surface area (Å²) in [6, 6.07) is 0. The van der Waals surface area contributed by atoms with Crippen molar-refractivity contribution >= 4 is 5.91 Å². The van der Waals surface area contributed by atoms with Gasteiger partial charge in [-0.15, -0.1) is 0 Å². The van der Waals surface area contributed by atoms with Crippen LogP contribution in [-0.4, -0.2) is 59.6 Å². The first-order valence-electron chi connectivity index (χ1n) is 5.85. The molecule has 0 aromatic carbocycles. The van der Waals surface area contributed by atoms with Crippen molar-refractivity contribution in [2.45, 2.75) is 32.8 Å². The van der Waals surface area contributed by atoms with Gasteiger partial charge in [0.25, 0.3) is 0 Å². The summed E-state index contributed by atoms with van der Waals surface area (Å²) >= 11 is 0. The Bertz CT molecular complexity index is 197. The molecular weight excluding hydrogens is 192 g/mol. The fraction of sp³-hybridized carbons (Fsp3) is 0.909. The molecule has 0 bridgehead atoms. The van der Waals surface area contributed by atoms with Crippen LogP contribution in [0.5, 0.6) is 0 Å². The minimum Gasteiger partial charge on any atom is -0.393 e. The molecule has 0 spiro atoms. The molecule has 1 aliphatic rings. The van der Waals surface area contributed by atoms with Gasteiger partial charge >= 0.3 is 0 Å². The molecular formula is C11H22N2O2. The number of hydrogen-bond donors (Lipinski definition) is 1. The number of rotatable bonds is 4. The van der Waals surface area contributed by atoms with Crippen LogP contribution in [0.25, 0.3) is 0 Å². The Hall–Kier alpha value is -0.610. The summed E-state index contributed by atoms with van der Waals surface area (Å²) in [5.41, 5.74) is 0. The first-order valence-corrected chi connectivity index (χ1v) is 5.85. The highest BCUT2D eigenvalue weighted by Crippen LogP contribution is 2.10. The van der Waals surface area contributed by atoms with E-state index in [4.69, 9.17) is 0 Å². The molecule has 0 radical (unpaired) electrons. The highest BCUT2D eigenvalue weighted by atomic mass is 16.3. The van der Waals surface area contributed by atoms with Crippen LogP contribution in [-0.2, 0) is 4.79 Å². The molecule has 1 heterocycles. The third-order valence-corrected chi connectivity index (χ3v) is 3.07. The van der Waals surface area contributed by atoms with Gasteiger partial charge in [0.1, 0.15) is 0 Å². The van der Waals surface area contributed by atoms with Gasteiger partial charge in [-0.1, -0.05) is 13.8 Å². The first-order chi connectivity index (χ1) is 7.17. The Kier molecular flexibility index (Phi) is 5.05. The SMILES string of the molecule is CCN(CC)CC(=O)N1CCC(O)CC1. The van der Waals surface area contributed by atoms with Crippen LogP contribution in [0.4, 0.5) is 0 Å². The predicted molar refractivity (Wildman–Crippen MR) is 59.6 cm³/mol. The molecule has 0 saturated carbocycles. The number of aliphatic hydroxyl groups excluding tert-OH is 1. The van der Waals surface area contributed by atoms with E-state index >= 15 is 0 Å². The van der Waals surface area contributed by atoms with Gasteiger partial charge in [0, 0.05) is 13.1 Å². The van der Waals surface area contributed by atoms with Crippen LogP contribution >= 0.6 is 0 Å². The van der Waals surface area contributed by atoms with Crippen molar-refractivity contribution in [1.29, 1.82) is 0 Å². The van der Waals surface area contributed by atoms with Crippen molar-refractivity contribution in [2.24, 2.45) is 0 Å². The van der Waals surface area contributed by atoms with E-state index in [9.17, 15) is 9.90 Å². The van der Waals surface area contributed by atoms with E-state index in [1.54, 1.807) is 0 Å². The largest absolute Gasteiger partial charge is 0.393 e. The minimum absolute atomic E-state index is 0.200. The van der Waals surface area contributed by atoms with Gasteiger partial charge in [-0.05, 0) is 25.9 Å². The van der Waals surface area contributed by atoms with E-state index in [1.165, 1.54) is 0 Å². The number of carbonyl (C=O) groups excluding carboxylic acids is 1. The van der Waals surface area contributed by atoms with Crippen LogP contribution in [0, 0.1) is 0 Å². The van der Waals surface area contributed by atoms with Crippen molar-refractivity contribution in [3.63, 3.8) is 0 Å². The molecule has 0 atom stereocenters. The van der Waals surface area contributed by atoms with E-state index in [0.717, 1.165) is 25.9 Å². The predicted octanol–water partition coefficient (Wildman–Crippen LogP) is 0.311. The second kappa shape index (κ2) is 6.08. The lowest BCUT2D eigenvalue weighted by Gasteiger charge is -2.31. The topological polar surface area (TPSA) is 43.8 Å². The fourth-order valence-corrected chi connectivity index (χ4v) is 1.85. The second-order valence-electron chi connectivity index (χ2n) is 4.07. The Balaban J connectivity index is 2.33. The molecule has 15 heavy (non-hydrogen) atoms. The molecule has 1 amide bonds. The van der Waals surface area contributed by atoms with E-state index in [2.05, 4.69) is 18.7 Å². The molecule has 1 N–H and O–H groups in total. The Morgan fingerprint density at radius 2 is 1.87 bits per heavy atom. The van der Waals surface area contributed by atoms with Crippen molar-refractivity contribution in [3.8, 4) is 0 Å². The van der Waals surface area contributed by atoms with Crippen molar-refractivity contribution < 1.29 is 9.90 Å². The van der Waals surface area contributed by atoms with E-state index in [1.807, 2.05) is 4.90 Å². The number of nitrogens with zero attached hydrogens (tertiary/aromatic N) is 2. The maximum atomic E-state index is 11.8. The van der Waals surface area contributed by atoms with Crippen LogP contribution in [0.3, 0.4) is 0 Å². The average molecular weight is 214 g/mol. The minimum atomic E-state index is -0.206. The third-order valence-electron chi connectivity index (χ3n) is 3.07. The number of amides is 1. The summed E-state index contributed by atoms with van der Waals surface area (Å²) in [6.07, 6.45) is 1.25. The molecule has 0 aliphatic carbocycles. The number of carbonyl (C=O) groups is 1. The molecule has 1 fully saturated rings. The highest BCUT2D eigenvalue weighted by Gasteiger charge is 2.21. The summed E-state index contributed by atoms with van der Waals surface area (Å²) in [5.74, 6) is 0.200. The van der Waals surface area contributed by atoms with Crippen LogP contribution in [0.2, 0.25) is 0 Å². The van der Waals surface area contributed by atoms with E-state index < -0.39 is 0 Å². The van der Waals surface area contributed by atoms with E-state index in [-0.39, 0.29) is 12.0 Å². The maximum absolute atomic E-state index is 11.8. The van der Waals surface area contributed by atoms with Gasteiger partial charge in [0.2, 0.25) is 5.91 Å². The van der Waals surface area contributed by atoms with Crippen molar-refractivity contribution in [2.75, 3.05) is 32.7 Å². The molecule has 0 unspecified atom stereocenters. The molecule has 88 valence electrons. The molecule has 1 saturated heterocycles. The highest BCUT2D eigenvalue weighted by molar-refractivity contribution is 5.78. The summed E-state index contributed by atoms with van der Waals surface area (Å²) < 4.78 is 0. The number of piperidine rings is 1. The number of likely N-dealkylation sites (tertiary alicyclic amines) is 1. The number of hydrogen-bond acceptors (Lipinski definition) is 3. The zero-order valence-corrected chi connectivity index (χ0v) is 9.78. The van der Waals surface area contributed by atoms with Gasteiger partial charge in [-0.25, -0.2) is 0 Å². The summed E-state index contributed by atoms with van der Waals surface area (Å²) in [5, 5.41) is 9.33. The molecule has 1 rings (SSSR count). The Labute approximate surface area is 91.9 Å². The molecule has 0 aromatic rings. The van der Waals surface area contributed by atoms with Crippen LogP contribution in [0.15, 0.2) is 0 Å². The Morgan fingerprint density at radius 1 is 1.33 bits per heavy atom. The van der Waals surface area contributed by atoms with Crippen molar-refractivity contribution in [1.82, 2.24) is 9.80 Å². The monoisotopic (exact) mass is 214 g/mol. The van der Waals surface area contributed by atoms with Gasteiger partial charge in [-0.3, -0.25) is 9.69 Å². The number of aliphatic hydroxyl groups is 1. The van der Waals surface area contributed by atoms with Crippen LogP contribution in [0.1, 0.15) is 26.7 Å². The summed E-state index contributed by atoms with van der Waals surface area (Å²) in [6.45, 7) is 7.90. The molecule has 0 aromatic heterocycles. The lowest BCUT2D eigenvalue weighted by molar-refractivity contribution is -0.134. The van der Waals surface area contributed by atoms with E-state index in [0.29, 0.717) is 19.6 Å². The van der Waals surface area contributed by atoms with Crippen molar-refractivity contribution in [3.05, 3.63) is 0 Å². The maximum Gasteiger partial charge on any atom is 0.236 e. The third kappa shape index (κ3) is 3.80. The van der Waals surface area contributed by atoms with Gasteiger partial charge in [-0.2, -0.15) is 0 Å². The summed E-state index contributed by atoms with van der Waals surface area (Å²) in [4.78, 5) is 15.8. The van der Waals surface area contributed by atoms with Gasteiger partial charge in [0.05, 0.1) is 12.6 Å². The average Bonchev–Trinajstić information content (AvgIpc) is 2.26. The normalized spacial score (nSPS) is 18.5. The second-order valence-corrected chi connectivity index (χ2v) is 4.07. The lowest BCUT2D eigenvalue weighted by Crippen LogP contribution is -2.45. The lowest BCUT2D eigenvalue weighted by atomic mass is 10.1. The number of likely N-dealkylation sites (N-methyl/N-ethyl adjacent to an activating group) is 1. The molecule has 4 nitrogen and oxygen atoms in total. The molecule has 1 aliphatic heterocycles. The Morgan fingerprint density at radius 3 is 2.33 bits per heavy atom. The quantitative estimate of drug-likeness (QED) is 0.732. The fourth-order valence-electron chi connectivity index (χ4n) is 1.85. The zero-order valence-electron chi connectivity index (χ0n) is 9.78. The molecule has 4 heteroatoms. The smallest absolute Gasteiger partial charge is 0.236 e. The van der Waals surface area contributed by atoms with Gasteiger partial charge in [0.15, 0.2) is 0 Å². The first kappa shape index (κ1) is 12.5.